The lowest BCUT2D eigenvalue weighted by atomic mass is 10.1. The van der Waals surface area contributed by atoms with Gasteiger partial charge in [-0.3, -0.25) is 9.59 Å². The predicted molar refractivity (Wildman–Crippen MR) is 119 cm³/mol. The standard InChI is InChI=1S/C22H37N5O2/c1-7-23-21(24-14-13-19(28)27(8-2)9-3)25-16-17-11-10-12-18(15-17)20(29)26-22(4,5)6/h10-12,15H,7-9,13-14,16H2,1-6H3,(H,26,29)(H2,23,24,25). The second-order valence-corrected chi connectivity index (χ2v) is 7.84. The summed E-state index contributed by atoms with van der Waals surface area (Å²) in [5.41, 5.74) is 1.29. The zero-order valence-corrected chi connectivity index (χ0v) is 18.8. The molecule has 0 aliphatic heterocycles. The molecule has 0 saturated carbocycles. The lowest BCUT2D eigenvalue weighted by Crippen LogP contribution is -2.40. The number of nitrogens with one attached hydrogen (secondary N) is 3. The van der Waals surface area contributed by atoms with Crippen LogP contribution in [0, 0.1) is 0 Å². The largest absolute Gasteiger partial charge is 0.357 e. The average Bonchev–Trinajstić information content (AvgIpc) is 2.66. The molecule has 3 N–H and O–H groups in total. The third-order valence-corrected chi connectivity index (χ3v) is 4.19. The quantitative estimate of drug-likeness (QED) is 0.437. The van der Waals surface area contributed by atoms with Crippen molar-refractivity contribution < 1.29 is 9.59 Å². The molecule has 0 radical (unpaired) electrons. The Balaban J connectivity index is 2.70. The van der Waals surface area contributed by atoms with E-state index in [0.29, 0.717) is 31.0 Å². The molecule has 0 spiro atoms. The minimum atomic E-state index is -0.282. The van der Waals surface area contributed by atoms with Gasteiger partial charge < -0.3 is 20.9 Å². The van der Waals surface area contributed by atoms with Gasteiger partial charge in [-0.1, -0.05) is 12.1 Å². The molecule has 7 nitrogen and oxygen atoms in total. The van der Waals surface area contributed by atoms with E-state index in [4.69, 9.17) is 0 Å². The SMILES string of the molecule is CCNC(=NCc1cccc(C(=O)NC(C)(C)C)c1)NCCC(=O)N(CC)CC. The van der Waals surface area contributed by atoms with Gasteiger partial charge in [-0.05, 0) is 59.2 Å². The second-order valence-electron chi connectivity index (χ2n) is 7.84. The number of aliphatic imine (C=N–C) groups is 1. The lowest BCUT2D eigenvalue weighted by molar-refractivity contribution is -0.130. The van der Waals surface area contributed by atoms with Crippen molar-refractivity contribution in [1.29, 1.82) is 0 Å². The number of guanidine groups is 1. The van der Waals surface area contributed by atoms with Gasteiger partial charge in [0.2, 0.25) is 5.91 Å². The molecule has 29 heavy (non-hydrogen) atoms. The van der Waals surface area contributed by atoms with Gasteiger partial charge in [0, 0.05) is 43.7 Å². The van der Waals surface area contributed by atoms with Crippen LogP contribution in [0.4, 0.5) is 0 Å². The number of hydrogen-bond donors (Lipinski definition) is 3. The molecule has 0 fully saturated rings. The van der Waals surface area contributed by atoms with Crippen molar-refractivity contribution in [1.82, 2.24) is 20.9 Å². The maximum atomic E-state index is 12.4. The van der Waals surface area contributed by atoms with Gasteiger partial charge in [0.25, 0.3) is 5.91 Å². The van der Waals surface area contributed by atoms with Crippen LogP contribution >= 0.6 is 0 Å². The first-order valence-electron chi connectivity index (χ1n) is 10.4. The highest BCUT2D eigenvalue weighted by atomic mass is 16.2. The summed E-state index contributed by atoms with van der Waals surface area (Å²) in [6, 6.07) is 7.48. The molecule has 0 heterocycles. The van der Waals surface area contributed by atoms with Crippen molar-refractivity contribution in [3.05, 3.63) is 35.4 Å². The third-order valence-electron chi connectivity index (χ3n) is 4.19. The van der Waals surface area contributed by atoms with Gasteiger partial charge in [0.05, 0.1) is 6.54 Å². The predicted octanol–water partition coefficient (Wildman–Crippen LogP) is 2.53. The second kappa shape index (κ2) is 12.1. The first-order valence-corrected chi connectivity index (χ1v) is 10.4. The van der Waals surface area contributed by atoms with Gasteiger partial charge in [0.15, 0.2) is 5.96 Å². The molecule has 2 amide bonds. The van der Waals surface area contributed by atoms with Gasteiger partial charge in [-0.2, -0.15) is 0 Å². The summed E-state index contributed by atoms with van der Waals surface area (Å²) in [6.45, 7) is 15.0. The minimum Gasteiger partial charge on any atom is -0.357 e. The Labute approximate surface area is 175 Å². The van der Waals surface area contributed by atoms with E-state index in [1.807, 2.05) is 64.6 Å². The summed E-state index contributed by atoms with van der Waals surface area (Å²) < 4.78 is 0. The van der Waals surface area contributed by atoms with Crippen LogP contribution < -0.4 is 16.0 Å². The van der Waals surface area contributed by atoms with E-state index in [9.17, 15) is 9.59 Å². The van der Waals surface area contributed by atoms with E-state index in [1.165, 1.54) is 0 Å². The van der Waals surface area contributed by atoms with Crippen LogP contribution in [-0.2, 0) is 11.3 Å². The molecular weight excluding hydrogens is 366 g/mol. The average molecular weight is 404 g/mol. The normalized spacial score (nSPS) is 11.7. The van der Waals surface area contributed by atoms with Gasteiger partial charge in [-0.15, -0.1) is 0 Å². The first kappa shape index (κ1) is 24.5. The highest BCUT2D eigenvalue weighted by molar-refractivity contribution is 5.94. The maximum absolute atomic E-state index is 12.4. The summed E-state index contributed by atoms with van der Waals surface area (Å²) in [5.74, 6) is 0.698. The molecular formula is C22H37N5O2. The number of amides is 2. The highest BCUT2D eigenvalue weighted by Gasteiger charge is 2.15. The molecule has 0 bridgehead atoms. The number of benzene rings is 1. The molecule has 0 aromatic heterocycles. The van der Waals surface area contributed by atoms with Crippen LogP contribution in [0.5, 0.6) is 0 Å². The third kappa shape index (κ3) is 9.45. The van der Waals surface area contributed by atoms with Crippen LogP contribution in [0.25, 0.3) is 0 Å². The van der Waals surface area contributed by atoms with Crippen LogP contribution in [0.15, 0.2) is 29.3 Å². The first-order chi connectivity index (χ1) is 13.7. The number of carbonyl (C=O) groups is 2. The van der Waals surface area contributed by atoms with Crippen molar-refractivity contribution in [2.45, 2.75) is 60.0 Å². The van der Waals surface area contributed by atoms with E-state index in [1.54, 1.807) is 6.07 Å². The van der Waals surface area contributed by atoms with Crippen LogP contribution in [0.2, 0.25) is 0 Å². The van der Waals surface area contributed by atoms with E-state index < -0.39 is 0 Å². The topological polar surface area (TPSA) is 85.8 Å². The Morgan fingerprint density at radius 2 is 1.76 bits per heavy atom. The molecule has 0 aliphatic rings. The zero-order valence-electron chi connectivity index (χ0n) is 18.8. The molecule has 162 valence electrons. The smallest absolute Gasteiger partial charge is 0.251 e. The zero-order chi connectivity index (χ0) is 21.9. The fourth-order valence-electron chi connectivity index (χ4n) is 2.76. The number of nitrogens with zero attached hydrogens (tertiary/aromatic N) is 2. The Bertz CT molecular complexity index is 691. The summed E-state index contributed by atoms with van der Waals surface area (Å²) in [7, 11) is 0. The Kier molecular flexibility index (Phi) is 10.2. The van der Waals surface area contributed by atoms with Crippen LogP contribution in [-0.4, -0.2) is 54.4 Å². The van der Waals surface area contributed by atoms with Gasteiger partial charge in [0.1, 0.15) is 0 Å². The van der Waals surface area contributed by atoms with Crippen molar-refractivity contribution in [3.63, 3.8) is 0 Å². The van der Waals surface area contributed by atoms with E-state index in [0.717, 1.165) is 25.2 Å². The van der Waals surface area contributed by atoms with Gasteiger partial charge >= 0.3 is 0 Å². The fraction of sp³-hybridized carbons (Fsp3) is 0.591. The Hall–Kier alpha value is -2.57. The fourth-order valence-corrected chi connectivity index (χ4v) is 2.76. The molecule has 0 atom stereocenters. The summed E-state index contributed by atoms with van der Waals surface area (Å²) in [6.07, 6.45) is 0.425. The number of hydrogen-bond acceptors (Lipinski definition) is 3. The Morgan fingerprint density at radius 1 is 1.07 bits per heavy atom. The molecule has 1 aromatic carbocycles. The number of rotatable bonds is 9. The minimum absolute atomic E-state index is 0.0942. The summed E-state index contributed by atoms with van der Waals surface area (Å²) in [5, 5.41) is 9.36. The maximum Gasteiger partial charge on any atom is 0.251 e. The molecule has 1 aromatic rings. The van der Waals surface area contributed by atoms with Crippen molar-refractivity contribution in [2.24, 2.45) is 4.99 Å². The van der Waals surface area contributed by atoms with Crippen molar-refractivity contribution >= 4 is 17.8 Å². The van der Waals surface area contributed by atoms with E-state index in [2.05, 4.69) is 20.9 Å². The molecule has 1 rings (SSSR count). The monoisotopic (exact) mass is 403 g/mol. The summed E-state index contributed by atoms with van der Waals surface area (Å²) >= 11 is 0. The molecule has 7 heteroatoms. The molecule has 0 unspecified atom stereocenters. The summed E-state index contributed by atoms with van der Waals surface area (Å²) in [4.78, 5) is 30.9. The van der Waals surface area contributed by atoms with E-state index in [-0.39, 0.29) is 17.4 Å². The van der Waals surface area contributed by atoms with Crippen molar-refractivity contribution in [2.75, 3.05) is 26.2 Å². The lowest BCUT2D eigenvalue weighted by Gasteiger charge is -2.20. The van der Waals surface area contributed by atoms with E-state index >= 15 is 0 Å². The Morgan fingerprint density at radius 3 is 2.34 bits per heavy atom. The molecule has 0 aliphatic carbocycles. The highest BCUT2D eigenvalue weighted by Crippen LogP contribution is 2.09. The van der Waals surface area contributed by atoms with Crippen LogP contribution in [0.3, 0.4) is 0 Å². The molecule has 0 saturated heterocycles. The number of carbonyl (C=O) groups excluding carboxylic acids is 2. The van der Waals surface area contributed by atoms with Gasteiger partial charge in [-0.25, -0.2) is 4.99 Å². The van der Waals surface area contributed by atoms with Crippen LogP contribution in [0.1, 0.15) is 63.9 Å². The van der Waals surface area contributed by atoms with Crippen molar-refractivity contribution in [3.8, 4) is 0 Å².